The molecule has 0 aromatic heterocycles. The van der Waals surface area contributed by atoms with Gasteiger partial charge in [-0.1, -0.05) is 41.9 Å². The molecule has 0 fully saturated rings. The normalized spacial score (nSPS) is 16.3. The van der Waals surface area contributed by atoms with Gasteiger partial charge < -0.3 is 5.32 Å². The predicted molar refractivity (Wildman–Crippen MR) is 99.7 cm³/mol. The number of benzene rings is 2. The largest absolute Gasteiger partial charge is 0.323 e. The van der Waals surface area contributed by atoms with Crippen LogP contribution >= 0.6 is 11.6 Å². The van der Waals surface area contributed by atoms with E-state index in [1.54, 1.807) is 0 Å². The topological polar surface area (TPSA) is 32.3 Å². The first-order valence-corrected chi connectivity index (χ1v) is 8.68. The van der Waals surface area contributed by atoms with Crippen LogP contribution in [-0.4, -0.2) is 24.4 Å². The lowest BCUT2D eigenvalue weighted by atomic mass is 10.1. The molecule has 1 atom stereocenters. The molecule has 1 amide bonds. The predicted octanol–water partition coefficient (Wildman–Crippen LogP) is 4.51. The van der Waals surface area contributed by atoms with Gasteiger partial charge in [0, 0.05) is 6.04 Å². The number of anilines is 1. The molecule has 3 rings (SSSR count). The first-order chi connectivity index (χ1) is 11.5. The number of hydrogen-bond donors (Lipinski definition) is 1. The van der Waals surface area contributed by atoms with Crippen molar-refractivity contribution in [1.29, 1.82) is 0 Å². The van der Waals surface area contributed by atoms with Gasteiger partial charge in [-0.25, -0.2) is 0 Å². The summed E-state index contributed by atoms with van der Waals surface area (Å²) in [6, 6.07) is 12.7. The molecule has 4 heteroatoms. The van der Waals surface area contributed by atoms with Crippen molar-refractivity contribution in [2.75, 3.05) is 18.9 Å². The number of fused-ring (bicyclic) bond motifs is 1. The molecule has 3 nitrogen and oxygen atoms in total. The number of rotatable bonds is 4. The number of halogens is 1. The van der Waals surface area contributed by atoms with Gasteiger partial charge in [0.25, 0.3) is 0 Å². The van der Waals surface area contributed by atoms with Gasteiger partial charge in [-0.15, -0.1) is 0 Å². The van der Waals surface area contributed by atoms with Crippen LogP contribution < -0.4 is 5.32 Å². The van der Waals surface area contributed by atoms with E-state index in [2.05, 4.69) is 34.5 Å². The summed E-state index contributed by atoms with van der Waals surface area (Å²) in [5, 5.41) is 3.56. The summed E-state index contributed by atoms with van der Waals surface area (Å²) in [4.78, 5) is 14.6. The Labute approximate surface area is 148 Å². The van der Waals surface area contributed by atoms with Crippen LogP contribution in [0.25, 0.3) is 0 Å². The molecule has 0 heterocycles. The van der Waals surface area contributed by atoms with Crippen LogP contribution in [0, 0.1) is 13.8 Å². The molecule has 1 N–H and O–H groups in total. The molecule has 0 radical (unpaired) electrons. The number of nitrogens with zero attached hydrogens (tertiary/aromatic N) is 1. The van der Waals surface area contributed by atoms with Gasteiger partial charge in [-0.3, -0.25) is 9.69 Å². The molecule has 1 aliphatic rings. The van der Waals surface area contributed by atoms with E-state index in [4.69, 9.17) is 11.6 Å². The number of hydrogen-bond acceptors (Lipinski definition) is 2. The van der Waals surface area contributed by atoms with Crippen molar-refractivity contribution in [3.63, 3.8) is 0 Å². The minimum atomic E-state index is -0.0317. The average molecular weight is 343 g/mol. The molecule has 24 heavy (non-hydrogen) atoms. The van der Waals surface area contributed by atoms with Crippen LogP contribution in [-0.2, 0) is 11.2 Å². The Morgan fingerprint density at radius 2 is 2.04 bits per heavy atom. The molecule has 0 aliphatic heterocycles. The maximum absolute atomic E-state index is 12.5. The van der Waals surface area contributed by atoms with Crippen molar-refractivity contribution >= 4 is 23.2 Å². The number of carbonyl (C=O) groups is 1. The lowest BCUT2D eigenvalue weighted by Gasteiger charge is -2.25. The summed E-state index contributed by atoms with van der Waals surface area (Å²) in [5.41, 5.74) is 5.54. The Kier molecular flexibility index (Phi) is 4.93. The zero-order valence-corrected chi connectivity index (χ0v) is 15.2. The third-order valence-corrected chi connectivity index (χ3v) is 5.02. The van der Waals surface area contributed by atoms with Crippen molar-refractivity contribution in [2.24, 2.45) is 0 Å². The number of aryl methyl sites for hydroxylation is 3. The molecule has 1 aliphatic carbocycles. The van der Waals surface area contributed by atoms with E-state index in [-0.39, 0.29) is 5.91 Å². The zero-order chi connectivity index (χ0) is 17.3. The molecule has 0 saturated carbocycles. The fraction of sp³-hybridized carbons (Fsp3) is 0.350. The van der Waals surface area contributed by atoms with Gasteiger partial charge in [0.2, 0.25) is 5.91 Å². The molecular weight excluding hydrogens is 320 g/mol. The minimum absolute atomic E-state index is 0.0317. The Morgan fingerprint density at radius 3 is 2.79 bits per heavy atom. The second-order valence-corrected chi connectivity index (χ2v) is 7.06. The second-order valence-electron chi connectivity index (χ2n) is 6.66. The summed E-state index contributed by atoms with van der Waals surface area (Å²) in [6.07, 6.45) is 2.14. The standard InChI is InChI=1S/C20H23ClN2O/c1-13-10-14(2)20(17(21)11-13)22-19(24)12-23(3)18-9-8-15-6-4-5-7-16(15)18/h4-7,10-11,18H,8-9,12H2,1-3H3,(H,22,24)/t18-/m1/s1. The highest BCUT2D eigenvalue weighted by Gasteiger charge is 2.26. The maximum atomic E-state index is 12.5. The van der Waals surface area contributed by atoms with E-state index in [0.717, 1.165) is 24.0 Å². The lowest BCUT2D eigenvalue weighted by molar-refractivity contribution is -0.117. The second kappa shape index (κ2) is 6.96. The molecule has 0 spiro atoms. The number of likely N-dealkylation sites (N-methyl/N-ethyl adjacent to an activating group) is 1. The van der Waals surface area contributed by atoms with Gasteiger partial charge in [-0.05, 0) is 62.1 Å². The molecule has 126 valence electrons. The molecule has 2 aromatic carbocycles. The van der Waals surface area contributed by atoms with E-state index in [0.29, 0.717) is 23.3 Å². The number of amides is 1. The molecule has 0 bridgehead atoms. The van der Waals surface area contributed by atoms with Gasteiger partial charge in [0.15, 0.2) is 0 Å². The van der Waals surface area contributed by atoms with Gasteiger partial charge in [0.05, 0.1) is 17.3 Å². The Balaban J connectivity index is 1.68. The summed E-state index contributed by atoms with van der Waals surface area (Å²) in [6.45, 7) is 4.31. The first-order valence-electron chi connectivity index (χ1n) is 8.30. The zero-order valence-electron chi connectivity index (χ0n) is 14.4. The van der Waals surface area contributed by atoms with Crippen LogP contribution in [0.5, 0.6) is 0 Å². The van der Waals surface area contributed by atoms with Crippen molar-refractivity contribution in [3.8, 4) is 0 Å². The Hall–Kier alpha value is -1.84. The van der Waals surface area contributed by atoms with Crippen LogP contribution in [0.15, 0.2) is 36.4 Å². The monoisotopic (exact) mass is 342 g/mol. The summed E-state index contributed by atoms with van der Waals surface area (Å²) in [5.74, 6) is -0.0317. The third kappa shape index (κ3) is 3.47. The van der Waals surface area contributed by atoms with E-state index < -0.39 is 0 Å². The van der Waals surface area contributed by atoms with E-state index in [1.807, 2.05) is 33.0 Å². The average Bonchev–Trinajstić information content (AvgIpc) is 2.95. The van der Waals surface area contributed by atoms with Crippen molar-refractivity contribution < 1.29 is 4.79 Å². The minimum Gasteiger partial charge on any atom is -0.323 e. The van der Waals surface area contributed by atoms with Crippen molar-refractivity contribution in [1.82, 2.24) is 4.90 Å². The highest BCUT2D eigenvalue weighted by molar-refractivity contribution is 6.34. The summed E-state index contributed by atoms with van der Waals surface area (Å²) < 4.78 is 0. The fourth-order valence-electron chi connectivity index (χ4n) is 3.58. The molecular formula is C20H23ClN2O. The lowest BCUT2D eigenvalue weighted by Crippen LogP contribution is -2.32. The SMILES string of the molecule is Cc1cc(C)c(NC(=O)CN(C)[C@@H]2CCc3ccccc32)c(Cl)c1. The Morgan fingerprint density at radius 1 is 1.29 bits per heavy atom. The van der Waals surface area contributed by atoms with Crippen LogP contribution in [0.1, 0.15) is 34.7 Å². The van der Waals surface area contributed by atoms with Crippen molar-refractivity contribution in [3.05, 3.63) is 63.7 Å². The third-order valence-electron chi connectivity index (χ3n) is 4.72. The number of carbonyl (C=O) groups excluding carboxylic acids is 1. The van der Waals surface area contributed by atoms with E-state index >= 15 is 0 Å². The van der Waals surface area contributed by atoms with Crippen LogP contribution in [0.2, 0.25) is 5.02 Å². The van der Waals surface area contributed by atoms with Gasteiger partial charge in [0.1, 0.15) is 0 Å². The first kappa shape index (κ1) is 17.0. The quantitative estimate of drug-likeness (QED) is 0.886. The molecule has 0 saturated heterocycles. The maximum Gasteiger partial charge on any atom is 0.238 e. The smallest absolute Gasteiger partial charge is 0.238 e. The van der Waals surface area contributed by atoms with E-state index in [9.17, 15) is 4.79 Å². The van der Waals surface area contributed by atoms with Gasteiger partial charge in [-0.2, -0.15) is 0 Å². The fourth-order valence-corrected chi connectivity index (χ4v) is 3.95. The van der Waals surface area contributed by atoms with Crippen molar-refractivity contribution in [2.45, 2.75) is 32.7 Å². The highest BCUT2D eigenvalue weighted by atomic mass is 35.5. The highest BCUT2D eigenvalue weighted by Crippen LogP contribution is 2.34. The van der Waals surface area contributed by atoms with Crippen LogP contribution in [0.4, 0.5) is 5.69 Å². The summed E-state index contributed by atoms with van der Waals surface area (Å²) >= 11 is 6.28. The van der Waals surface area contributed by atoms with Gasteiger partial charge >= 0.3 is 0 Å². The summed E-state index contributed by atoms with van der Waals surface area (Å²) in [7, 11) is 2.01. The van der Waals surface area contributed by atoms with E-state index in [1.165, 1.54) is 11.1 Å². The molecule has 0 unspecified atom stereocenters. The Bertz CT molecular complexity index is 749. The number of nitrogens with one attached hydrogen (secondary N) is 1. The molecule has 2 aromatic rings. The van der Waals surface area contributed by atoms with Crippen LogP contribution in [0.3, 0.4) is 0 Å².